The van der Waals surface area contributed by atoms with Gasteiger partial charge in [-0.1, -0.05) is 12.1 Å². The maximum Gasteiger partial charge on any atom is 0.0516 e. The van der Waals surface area contributed by atoms with E-state index in [2.05, 4.69) is 48.1 Å². The molecule has 3 heteroatoms. The predicted octanol–water partition coefficient (Wildman–Crippen LogP) is 2.10. The van der Waals surface area contributed by atoms with Crippen molar-refractivity contribution in [3.63, 3.8) is 0 Å². The smallest absolute Gasteiger partial charge is 0.0516 e. The van der Waals surface area contributed by atoms with Crippen molar-refractivity contribution in [3.8, 4) is 0 Å². The molecular formula is C15H21N3. The fraction of sp³-hybridized carbons (Fsp3) is 0.467. The highest BCUT2D eigenvalue weighted by Crippen LogP contribution is 2.33. The Kier molecular flexibility index (Phi) is 2.88. The number of nitrogens with one attached hydrogen (secondary N) is 1. The van der Waals surface area contributed by atoms with Crippen molar-refractivity contribution in [2.24, 2.45) is 18.7 Å². The molecule has 2 atom stereocenters. The Balaban J connectivity index is 2.12. The number of rotatable bonds is 2. The zero-order valence-electron chi connectivity index (χ0n) is 11.1. The van der Waals surface area contributed by atoms with E-state index in [0.29, 0.717) is 12.0 Å². The standard InChI is InChI=1S/C15H21N3/c1-10-4-3-5-13-12(10)8-14(18(13)2)15-11(9-16)6-7-17-15/h3-5,8,11,15,17H,6-7,9,16H2,1-2H3. The molecule has 1 aliphatic rings. The van der Waals surface area contributed by atoms with E-state index in [1.54, 1.807) is 0 Å². The average molecular weight is 243 g/mol. The van der Waals surface area contributed by atoms with Crippen LogP contribution in [0.4, 0.5) is 0 Å². The number of aryl methyl sites for hydroxylation is 2. The van der Waals surface area contributed by atoms with E-state index in [-0.39, 0.29) is 0 Å². The Bertz CT molecular complexity index is 570. The first-order valence-electron chi connectivity index (χ1n) is 6.70. The highest BCUT2D eigenvalue weighted by molar-refractivity contribution is 5.84. The van der Waals surface area contributed by atoms with E-state index in [4.69, 9.17) is 5.73 Å². The van der Waals surface area contributed by atoms with Crippen LogP contribution in [0.2, 0.25) is 0 Å². The van der Waals surface area contributed by atoms with Gasteiger partial charge in [0.2, 0.25) is 0 Å². The molecule has 1 saturated heterocycles. The monoisotopic (exact) mass is 243 g/mol. The summed E-state index contributed by atoms with van der Waals surface area (Å²) in [6.07, 6.45) is 1.18. The molecule has 0 aliphatic carbocycles. The summed E-state index contributed by atoms with van der Waals surface area (Å²) < 4.78 is 2.31. The van der Waals surface area contributed by atoms with Crippen LogP contribution in [-0.2, 0) is 7.05 Å². The van der Waals surface area contributed by atoms with Gasteiger partial charge >= 0.3 is 0 Å². The van der Waals surface area contributed by atoms with Gasteiger partial charge in [0, 0.05) is 23.6 Å². The van der Waals surface area contributed by atoms with Crippen LogP contribution >= 0.6 is 0 Å². The predicted molar refractivity (Wildman–Crippen MR) is 75.6 cm³/mol. The Labute approximate surface area is 108 Å². The summed E-state index contributed by atoms with van der Waals surface area (Å²) in [6, 6.07) is 9.24. The molecule has 96 valence electrons. The van der Waals surface area contributed by atoms with Gasteiger partial charge < -0.3 is 15.6 Å². The first-order chi connectivity index (χ1) is 8.72. The number of fused-ring (bicyclic) bond motifs is 1. The van der Waals surface area contributed by atoms with Crippen LogP contribution in [0.5, 0.6) is 0 Å². The maximum absolute atomic E-state index is 5.89. The summed E-state index contributed by atoms with van der Waals surface area (Å²) in [5, 5.41) is 4.95. The van der Waals surface area contributed by atoms with Gasteiger partial charge in [-0.3, -0.25) is 0 Å². The molecule has 3 N–H and O–H groups in total. The van der Waals surface area contributed by atoms with Crippen molar-refractivity contribution in [3.05, 3.63) is 35.5 Å². The molecule has 0 spiro atoms. The molecular weight excluding hydrogens is 222 g/mol. The molecule has 0 saturated carbocycles. The summed E-state index contributed by atoms with van der Waals surface area (Å²) in [5.41, 5.74) is 9.91. The third-order valence-electron chi connectivity index (χ3n) is 4.31. The Morgan fingerprint density at radius 3 is 3.00 bits per heavy atom. The largest absolute Gasteiger partial charge is 0.346 e. The second-order valence-corrected chi connectivity index (χ2v) is 5.35. The number of aromatic nitrogens is 1. The van der Waals surface area contributed by atoms with E-state index < -0.39 is 0 Å². The summed E-state index contributed by atoms with van der Waals surface area (Å²) in [4.78, 5) is 0. The lowest BCUT2D eigenvalue weighted by molar-refractivity contribution is 0.455. The topological polar surface area (TPSA) is 43.0 Å². The van der Waals surface area contributed by atoms with Crippen LogP contribution in [0, 0.1) is 12.8 Å². The van der Waals surface area contributed by atoms with Gasteiger partial charge in [0.1, 0.15) is 0 Å². The molecule has 1 aromatic carbocycles. The zero-order chi connectivity index (χ0) is 12.7. The van der Waals surface area contributed by atoms with Crippen molar-refractivity contribution in [2.75, 3.05) is 13.1 Å². The molecule has 1 aromatic heterocycles. The zero-order valence-corrected chi connectivity index (χ0v) is 11.1. The normalized spacial score (nSPS) is 23.9. The van der Waals surface area contributed by atoms with Crippen LogP contribution < -0.4 is 11.1 Å². The quantitative estimate of drug-likeness (QED) is 0.848. The molecule has 2 aromatic rings. The number of hydrogen-bond donors (Lipinski definition) is 2. The van der Waals surface area contributed by atoms with Crippen LogP contribution in [0.3, 0.4) is 0 Å². The van der Waals surface area contributed by atoms with Crippen molar-refractivity contribution < 1.29 is 0 Å². The third-order valence-corrected chi connectivity index (χ3v) is 4.31. The van der Waals surface area contributed by atoms with E-state index in [1.807, 2.05) is 0 Å². The summed E-state index contributed by atoms with van der Waals surface area (Å²) >= 11 is 0. The minimum Gasteiger partial charge on any atom is -0.346 e. The Hall–Kier alpha value is -1.32. The van der Waals surface area contributed by atoms with Gasteiger partial charge in [0.15, 0.2) is 0 Å². The van der Waals surface area contributed by atoms with Crippen molar-refractivity contribution in [2.45, 2.75) is 19.4 Å². The highest BCUT2D eigenvalue weighted by Gasteiger charge is 2.29. The molecule has 18 heavy (non-hydrogen) atoms. The van der Waals surface area contributed by atoms with E-state index in [0.717, 1.165) is 13.1 Å². The molecule has 2 heterocycles. The molecule has 0 bridgehead atoms. The molecule has 0 radical (unpaired) electrons. The minimum atomic E-state index is 0.409. The van der Waals surface area contributed by atoms with Crippen LogP contribution in [0.1, 0.15) is 23.7 Å². The van der Waals surface area contributed by atoms with Gasteiger partial charge in [-0.2, -0.15) is 0 Å². The fourth-order valence-corrected chi connectivity index (χ4v) is 3.19. The highest BCUT2D eigenvalue weighted by atomic mass is 15.0. The summed E-state index contributed by atoms with van der Waals surface area (Å²) in [7, 11) is 2.16. The molecule has 1 aliphatic heterocycles. The van der Waals surface area contributed by atoms with Crippen LogP contribution in [0.15, 0.2) is 24.3 Å². The Morgan fingerprint density at radius 2 is 2.28 bits per heavy atom. The number of nitrogens with two attached hydrogens (primary N) is 1. The van der Waals surface area contributed by atoms with Gasteiger partial charge in [-0.25, -0.2) is 0 Å². The molecule has 1 fully saturated rings. The number of hydrogen-bond acceptors (Lipinski definition) is 2. The van der Waals surface area contributed by atoms with Gasteiger partial charge in [-0.15, -0.1) is 0 Å². The molecule has 2 unspecified atom stereocenters. The van der Waals surface area contributed by atoms with Gasteiger partial charge in [0.05, 0.1) is 6.04 Å². The van der Waals surface area contributed by atoms with Crippen molar-refractivity contribution >= 4 is 10.9 Å². The maximum atomic E-state index is 5.89. The number of benzene rings is 1. The van der Waals surface area contributed by atoms with Crippen molar-refractivity contribution in [1.29, 1.82) is 0 Å². The van der Waals surface area contributed by atoms with Crippen LogP contribution in [0.25, 0.3) is 10.9 Å². The van der Waals surface area contributed by atoms with Crippen molar-refractivity contribution in [1.82, 2.24) is 9.88 Å². The minimum absolute atomic E-state index is 0.409. The second kappa shape index (κ2) is 4.41. The summed E-state index contributed by atoms with van der Waals surface area (Å²) in [5.74, 6) is 0.563. The number of nitrogens with zero attached hydrogens (tertiary/aromatic N) is 1. The first-order valence-corrected chi connectivity index (χ1v) is 6.70. The SMILES string of the molecule is Cc1cccc2c1cc(C1NCCC1CN)n2C. The third kappa shape index (κ3) is 1.66. The van der Waals surface area contributed by atoms with Gasteiger partial charge in [-0.05, 0) is 50.0 Å². The van der Waals surface area contributed by atoms with Gasteiger partial charge in [0.25, 0.3) is 0 Å². The lowest BCUT2D eigenvalue weighted by Crippen LogP contribution is -2.25. The Morgan fingerprint density at radius 1 is 1.44 bits per heavy atom. The second-order valence-electron chi connectivity index (χ2n) is 5.35. The van der Waals surface area contributed by atoms with Crippen LogP contribution in [-0.4, -0.2) is 17.7 Å². The molecule has 3 nitrogen and oxygen atoms in total. The van der Waals surface area contributed by atoms with E-state index in [1.165, 1.54) is 28.6 Å². The first kappa shape index (κ1) is 11.8. The summed E-state index contributed by atoms with van der Waals surface area (Å²) in [6.45, 7) is 4.01. The molecule has 3 rings (SSSR count). The fourth-order valence-electron chi connectivity index (χ4n) is 3.19. The van der Waals surface area contributed by atoms with E-state index >= 15 is 0 Å². The lowest BCUT2D eigenvalue weighted by Gasteiger charge is -2.19. The molecule has 0 amide bonds. The average Bonchev–Trinajstić information content (AvgIpc) is 2.95. The lowest BCUT2D eigenvalue weighted by atomic mass is 9.98. The van der Waals surface area contributed by atoms with E-state index in [9.17, 15) is 0 Å².